The fraction of sp³-hybridized carbons (Fsp3) is 0.357. The van der Waals surface area contributed by atoms with Crippen molar-refractivity contribution in [3.63, 3.8) is 0 Å². The second kappa shape index (κ2) is 10.2. The van der Waals surface area contributed by atoms with Crippen molar-refractivity contribution >= 4 is 22.8 Å². The van der Waals surface area contributed by atoms with Gasteiger partial charge in [-0.15, -0.1) is 0 Å². The standard InChI is InChI=1S/C28H30N6O3/c1-36-23-9-7-21(8-10-23)28(35)33-15-13-32(14-16-33)26-24-19-29-34(22-5-3-2-4-6-22)27(24)31-25(30-26)20-11-17-37-18-12-20/h2-10,19-20H,11-18H2,1H3. The van der Waals surface area contributed by atoms with Crippen molar-refractivity contribution < 1.29 is 14.3 Å². The molecule has 190 valence electrons. The molecule has 2 aromatic carbocycles. The van der Waals surface area contributed by atoms with E-state index in [1.807, 2.05) is 70.4 Å². The van der Waals surface area contributed by atoms with E-state index in [0.29, 0.717) is 31.7 Å². The molecule has 0 N–H and O–H groups in total. The second-order valence-electron chi connectivity index (χ2n) is 9.43. The number of fused-ring (bicyclic) bond motifs is 1. The van der Waals surface area contributed by atoms with E-state index in [1.165, 1.54) is 0 Å². The first kappa shape index (κ1) is 23.4. The minimum atomic E-state index is 0.0370. The molecule has 2 aliphatic rings. The van der Waals surface area contributed by atoms with Crippen LogP contribution in [0.2, 0.25) is 0 Å². The fourth-order valence-corrected chi connectivity index (χ4v) is 5.08. The highest BCUT2D eigenvalue weighted by molar-refractivity contribution is 5.94. The first-order valence-electron chi connectivity index (χ1n) is 12.8. The lowest BCUT2D eigenvalue weighted by Gasteiger charge is -2.36. The monoisotopic (exact) mass is 498 g/mol. The number of para-hydroxylation sites is 1. The van der Waals surface area contributed by atoms with Crippen LogP contribution in [0.1, 0.15) is 34.9 Å². The summed E-state index contributed by atoms with van der Waals surface area (Å²) in [6.45, 7) is 4.08. The SMILES string of the molecule is COc1ccc(C(=O)N2CCN(c3nc(C4CCOCC4)nc4c3cnn4-c3ccccc3)CC2)cc1. The third-order valence-corrected chi connectivity index (χ3v) is 7.22. The first-order valence-corrected chi connectivity index (χ1v) is 12.8. The van der Waals surface area contributed by atoms with Crippen molar-refractivity contribution in [2.75, 3.05) is 51.4 Å². The molecular weight excluding hydrogens is 468 g/mol. The minimum absolute atomic E-state index is 0.0370. The van der Waals surface area contributed by atoms with E-state index < -0.39 is 0 Å². The van der Waals surface area contributed by atoms with Crippen molar-refractivity contribution in [2.24, 2.45) is 0 Å². The molecular formula is C28H30N6O3. The Hall–Kier alpha value is -3.98. The summed E-state index contributed by atoms with van der Waals surface area (Å²) in [6, 6.07) is 17.4. The lowest BCUT2D eigenvalue weighted by atomic mass is 9.99. The number of carbonyl (C=O) groups excluding carboxylic acids is 1. The lowest BCUT2D eigenvalue weighted by Crippen LogP contribution is -2.49. The molecule has 37 heavy (non-hydrogen) atoms. The van der Waals surface area contributed by atoms with Gasteiger partial charge in [-0.3, -0.25) is 4.79 Å². The van der Waals surface area contributed by atoms with Crippen molar-refractivity contribution in [3.05, 3.63) is 72.2 Å². The summed E-state index contributed by atoms with van der Waals surface area (Å²) in [5, 5.41) is 5.62. The summed E-state index contributed by atoms with van der Waals surface area (Å²) in [7, 11) is 1.62. The van der Waals surface area contributed by atoms with Crippen molar-refractivity contribution in [1.82, 2.24) is 24.6 Å². The summed E-state index contributed by atoms with van der Waals surface area (Å²) in [5.74, 6) is 2.78. The van der Waals surface area contributed by atoms with Crippen LogP contribution in [0.5, 0.6) is 5.75 Å². The lowest BCUT2D eigenvalue weighted by molar-refractivity contribution is 0.0746. The molecule has 0 atom stereocenters. The number of ether oxygens (including phenoxy) is 2. The third-order valence-electron chi connectivity index (χ3n) is 7.22. The zero-order valence-electron chi connectivity index (χ0n) is 20.9. The third kappa shape index (κ3) is 4.62. The highest BCUT2D eigenvalue weighted by Gasteiger charge is 2.28. The van der Waals surface area contributed by atoms with Crippen LogP contribution in [0.3, 0.4) is 0 Å². The van der Waals surface area contributed by atoms with Crippen LogP contribution in [0.25, 0.3) is 16.7 Å². The van der Waals surface area contributed by atoms with Crippen LogP contribution in [0.15, 0.2) is 60.8 Å². The molecule has 0 radical (unpaired) electrons. The molecule has 0 saturated carbocycles. The Morgan fingerprint density at radius 2 is 1.68 bits per heavy atom. The molecule has 0 spiro atoms. The number of amides is 1. The summed E-state index contributed by atoms with van der Waals surface area (Å²) < 4.78 is 12.7. The van der Waals surface area contributed by atoms with Gasteiger partial charge in [-0.1, -0.05) is 18.2 Å². The van der Waals surface area contributed by atoms with E-state index in [4.69, 9.17) is 24.5 Å². The van der Waals surface area contributed by atoms with Gasteiger partial charge in [-0.2, -0.15) is 5.10 Å². The van der Waals surface area contributed by atoms with Crippen molar-refractivity contribution in [1.29, 1.82) is 0 Å². The molecule has 2 saturated heterocycles. The molecule has 4 heterocycles. The molecule has 6 rings (SSSR count). The largest absolute Gasteiger partial charge is 0.497 e. The number of nitrogens with zero attached hydrogens (tertiary/aromatic N) is 6. The molecule has 2 aliphatic heterocycles. The second-order valence-corrected chi connectivity index (χ2v) is 9.43. The van der Waals surface area contributed by atoms with Gasteiger partial charge in [-0.05, 0) is 49.2 Å². The smallest absolute Gasteiger partial charge is 0.253 e. The maximum atomic E-state index is 13.1. The van der Waals surface area contributed by atoms with Crippen molar-refractivity contribution in [3.8, 4) is 11.4 Å². The van der Waals surface area contributed by atoms with Gasteiger partial charge < -0.3 is 19.3 Å². The summed E-state index contributed by atoms with van der Waals surface area (Å²) in [4.78, 5) is 27.4. The molecule has 0 aliphatic carbocycles. The van der Waals surface area contributed by atoms with Gasteiger partial charge in [0.05, 0.1) is 24.4 Å². The quantitative estimate of drug-likeness (QED) is 0.415. The Morgan fingerprint density at radius 3 is 2.38 bits per heavy atom. The zero-order chi connectivity index (χ0) is 25.2. The maximum absolute atomic E-state index is 13.1. The van der Waals surface area contributed by atoms with Gasteiger partial charge in [0.2, 0.25) is 0 Å². The first-order chi connectivity index (χ1) is 18.2. The van der Waals surface area contributed by atoms with Crippen LogP contribution >= 0.6 is 0 Å². The van der Waals surface area contributed by atoms with Gasteiger partial charge in [0.25, 0.3) is 5.91 Å². The fourth-order valence-electron chi connectivity index (χ4n) is 5.08. The number of methoxy groups -OCH3 is 1. The average molecular weight is 499 g/mol. The highest BCUT2D eigenvalue weighted by atomic mass is 16.5. The van der Waals surface area contributed by atoms with Crippen LogP contribution in [0.4, 0.5) is 5.82 Å². The number of aromatic nitrogens is 4. The number of carbonyl (C=O) groups is 1. The predicted octanol–water partition coefficient (Wildman–Crippen LogP) is 3.68. The number of hydrogen-bond donors (Lipinski definition) is 0. The maximum Gasteiger partial charge on any atom is 0.253 e. The summed E-state index contributed by atoms with van der Waals surface area (Å²) in [6.07, 6.45) is 3.68. The molecule has 2 fully saturated rings. The topological polar surface area (TPSA) is 85.6 Å². The number of rotatable bonds is 5. The molecule has 9 nitrogen and oxygen atoms in total. The van der Waals surface area contributed by atoms with E-state index >= 15 is 0 Å². The molecule has 2 aromatic heterocycles. The van der Waals surface area contributed by atoms with E-state index in [1.54, 1.807) is 7.11 Å². The molecule has 1 amide bonds. The van der Waals surface area contributed by atoms with Crippen LogP contribution in [-0.2, 0) is 4.74 Å². The number of hydrogen-bond acceptors (Lipinski definition) is 7. The Kier molecular flexibility index (Phi) is 6.44. The van der Waals surface area contributed by atoms with E-state index in [9.17, 15) is 4.79 Å². The van der Waals surface area contributed by atoms with Gasteiger partial charge in [-0.25, -0.2) is 14.6 Å². The number of anilines is 1. The summed E-state index contributed by atoms with van der Waals surface area (Å²) in [5.41, 5.74) is 2.45. The van der Waals surface area contributed by atoms with Gasteiger partial charge in [0.1, 0.15) is 17.4 Å². The van der Waals surface area contributed by atoms with Crippen LogP contribution < -0.4 is 9.64 Å². The molecule has 0 unspecified atom stereocenters. The normalized spacial score (nSPS) is 16.8. The van der Waals surface area contributed by atoms with E-state index in [0.717, 1.165) is 60.2 Å². The van der Waals surface area contributed by atoms with Gasteiger partial charge in [0, 0.05) is 50.9 Å². The zero-order valence-corrected chi connectivity index (χ0v) is 20.9. The Labute approximate surface area is 215 Å². The predicted molar refractivity (Wildman–Crippen MR) is 141 cm³/mol. The van der Waals surface area contributed by atoms with Crippen LogP contribution in [0, 0.1) is 0 Å². The Morgan fingerprint density at radius 1 is 0.946 bits per heavy atom. The molecule has 9 heteroatoms. The number of benzene rings is 2. The molecule has 0 bridgehead atoms. The van der Waals surface area contributed by atoms with Crippen LogP contribution in [-0.4, -0.2) is 77.1 Å². The summed E-state index contributed by atoms with van der Waals surface area (Å²) >= 11 is 0. The molecule has 4 aromatic rings. The highest BCUT2D eigenvalue weighted by Crippen LogP contribution is 2.32. The number of piperazine rings is 1. The Balaban J connectivity index is 1.29. The van der Waals surface area contributed by atoms with Gasteiger partial charge in [0.15, 0.2) is 5.65 Å². The van der Waals surface area contributed by atoms with E-state index in [-0.39, 0.29) is 11.8 Å². The minimum Gasteiger partial charge on any atom is -0.497 e. The van der Waals surface area contributed by atoms with Crippen molar-refractivity contribution in [2.45, 2.75) is 18.8 Å². The Bertz CT molecular complexity index is 1370. The average Bonchev–Trinajstić information content (AvgIpc) is 3.41. The van der Waals surface area contributed by atoms with E-state index in [2.05, 4.69) is 4.90 Å². The van der Waals surface area contributed by atoms with Gasteiger partial charge >= 0.3 is 0 Å².